The maximum absolute atomic E-state index is 12.4. The zero-order chi connectivity index (χ0) is 14.5. The molecule has 2 aromatic carbocycles. The van der Waals surface area contributed by atoms with Crippen molar-refractivity contribution in [2.75, 3.05) is 0 Å². The number of carbonyl (C=O) groups excluding carboxylic acids is 1. The normalized spacial score (nSPS) is 14.8. The highest BCUT2D eigenvalue weighted by Gasteiger charge is 2.19. The van der Waals surface area contributed by atoms with Crippen molar-refractivity contribution in [3.05, 3.63) is 90.0 Å². The van der Waals surface area contributed by atoms with E-state index in [0.29, 0.717) is 13.0 Å². The molecule has 1 heterocycles. The smallest absolute Gasteiger partial charge is 0.231 e. The summed E-state index contributed by atoms with van der Waals surface area (Å²) in [7, 11) is 0. The van der Waals surface area contributed by atoms with Crippen LogP contribution in [0.15, 0.2) is 78.9 Å². The fraction of sp³-hybridized carbons (Fsp3) is 0.105. The Morgan fingerprint density at radius 1 is 0.905 bits per heavy atom. The molecule has 0 fully saturated rings. The summed E-state index contributed by atoms with van der Waals surface area (Å²) in [6.07, 6.45) is 6.34. The average Bonchev–Trinajstić information content (AvgIpc) is 2.72. The van der Waals surface area contributed by atoms with Crippen LogP contribution in [0, 0.1) is 0 Å². The molecule has 0 saturated carbocycles. The number of carbonyl (C=O) groups is 1. The van der Waals surface area contributed by atoms with Gasteiger partial charge in [0.25, 0.3) is 0 Å². The van der Waals surface area contributed by atoms with Crippen LogP contribution in [0.2, 0.25) is 0 Å². The maximum Gasteiger partial charge on any atom is 0.231 e. The van der Waals surface area contributed by atoms with E-state index in [2.05, 4.69) is 0 Å². The second-order valence-electron chi connectivity index (χ2n) is 5.02. The van der Waals surface area contributed by atoms with Gasteiger partial charge in [0.15, 0.2) is 0 Å². The van der Waals surface area contributed by atoms with Gasteiger partial charge in [0, 0.05) is 6.42 Å². The number of hydrogen-bond donors (Lipinski definition) is 0. The molecular weight excluding hydrogens is 258 g/mol. The summed E-state index contributed by atoms with van der Waals surface area (Å²) in [5, 5.41) is 0. The van der Waals surface area contributed by atoms with Crippen molar-refractivity contribution < 1.29 is 4.79 Å². The number of rotatable bonds is 3. The third-order valence-corrected chi connectivity index (χ3v) is 3.53. The Morgan fingerprint density at radius 3 is 2.29 bits per heavy atom. The van der Waals surface area contributed by atoms with Gasteiger partial charge in [0.2, 0.25) is 5.91 Å². The van der Waals surface area contributed by atoms with Gasteiger partial charge in [-0.25, -0.2) is 0 Å². The molecule has 0 N–H and O–H groups in total. The zero-order valence-corrected chi connectivity index (χ0v) is 11.8. The third kappa shape index (κ3) is 3.11. The number of amides is 1. The van der Waals surface area contributed by atoms with E-state index in [1.54, 1.807) is 0 Å². The minimum absolute atomic E-state index is 0.128. The quantitative estimate of drug-likeness (QED) is 0.828. The van der Waals surface area contributed by atoms with Crippen LogP contribution in [-0.4, -0.2) is 10.8 Å². The second kappa shape index (κ2) is 6.23. The highest BCUT2D eigenvalue weighted by atomic mass is 16.2. The Kier molecular flexibility index (Phi) is 3.97. The fourth-order valence-corrected chi connectivity index (χ4v) is 2.46. The molecule has 2 aromatic rings. The minimum Gasteiger partial charge on any atom is -0.307 e. The van der Waals surface area contributed by atoms with E-state index in [1.807, 2.05) is 83.8 Å². The van der Waals surface area contributed by atoms with Crippen LogP contribution in [0.4, 0.5) is 0 Å². The Morgan fingerprint density at radius 2 is 1.57 bits per heavy atom. The Hall–Kier alpha value is -2.61. The highest BCUT2D eigenvalue weighted by molar-refractivity contribution is 5.89. The summed E-state index contributed by atoms with van der Waals surface area (Å²) in [5.41, 5.74) is 3.15. The third-order valence-electron chi connectivity index (χ3n) is 3.53. The topological polar surface area (TPSA) is 20.3 Å². The van der Waals surface area contributed by atoms with Crippen molar-refractivity contribution in [1.29, 1.82) is 0 Å². The summed E-state index contributed by atoms with van der Waals surface area (Å²) in [6, 6.07) is 20.1. The monoisotopic (exact) mass is 275 g/mol. The van der Waals surface area contributed by atoms with Crippen molar-refractivity contribution in [3.63, 3.8) is 0 Å². The highest BCUT2D eigenvalue weighted by Crippen LogP contribution is 2.24. The molecule has 0 bridgehead atoms. The van der Waals surface area contributed by atoms with E-state index in [1.165, 1.54) is 0 Å². The predicted octanol–water partition coefficient (Wildman–Crippen LogP) is 4.02. The second-order valence-corrected chi connectivity index (χ2v) is 5.02. The van der Waals surface area contributed by atoms with Gasteiger partial charge < -0.3 is 4.90 Å². The molecule has 0 saturated heterocycles. The largest absolute Gasteiger partial charge is 0.307 e. The van der Waals surface area contributed by atoms with Crippen molar-refractivity contribution >= 4 is 11.6 Å². The van der Waals surface area contributed by atoms with E-state index in [0.717, 1.165) is 16.8 Å². The van der Waals surface area contributed by atoms with Crippen molar-refractivity contribution in [2.45, 2.75) is 13.0 Å². The van der Waals surface area contributed by atoms with E-state index in [9.17, 15) is 4.79 Å². The lowest BCUT2D eigenvalue weighted by Gasteiger charge is -2.25. The summed E-state index contributed by atoms with van der Waals surface area (Å²) in [6.45, 7) is 0.599. The van der Waals surface area contributed by atoms with Gasteiger partial charge >= 0.3 is 0 Å². The molecule has 0 atom stereocenters. The van der Waals surface area contributed by atoms with Gasteiger partial charge in [-0.2, -0.15) is 0 Å². The number of hydrogen-bond acceptors (Lipinski definition) is 1. The molecule has 0 radical (unpaired) electrons. The number of allylic oxidation sites excluding steroid dienone is 2. The van der Waals surface area contributed by atoms with Gasteiger partial charge in [-0.3, -0.25) is 4.79 Å². The molecule has 21 heavy (non-hydrogen) atoms. The molecule has 0 aliphatic carbocycles. The van der Waals surface area contributed by atoms with Crippen molar-refractivity contribution in [3.8, 4) is 0 Å². The van der Waals surface area contributed by atoms with Crippen molar-refractivity contribution in [1.82, 2.24) is 4.90 Å². The van der Waals surface area contributed by atoms with Gasteiger partial charge in [0.1, 0.15) is 0 Å². The minimum atomic E-state index is 0.128. The van der Waals surface area contributed by atoms with Gasteiger partial charge in [-0.15, -0.1) is 0 Å². The molecule has 2 nitrogen and oxygen atoms in total. The molecule has 1 amide bonds. The standard InChI is InChI=1S/C19H17NO/c21-19-14-8-7-13-18(17-11-5-2-6-12-17)20(19)15-16-9-3-1-4-10-16/h1-13H,14-15H2. The summed E-state index contributed by atoms with van der Waals surface area (Å²) in [5.74, 6) is 0.128. The molecule has 2 heteroatoms. The van der Waals surface area contributed by atoms with Crippen LogP contribution in [-0.2, 0) is 11.3 Å². The SMILES string of the molecule is O=C1CC=CC=C(c2ccccc2)N1Cc1ccccc1. The van der Waals surface area contributed by atoms with E-state index >= 15 is 0 Å². The van der Waals surface area contributed by atoms with Crippen LogP contribution in [0.5, 0.6) is 0 Å². The van der Waals surface area contributed by atoms with Crippen LogP contribution in [0.25, 0.3) is 5.70 Å². The molecular formula is C19H17NO. The molecule has 104 valence electrons. The lowest BCUT2D eigenvalue weighted by atomic mass is 10.1. The van der Waals surface area contributed by atoms with Crippen LogP contribution < -0.4 is 0 Å². The van der Waals surface area contributed by atoms with Gasteiger partial charge in [-0.05, 0) is 17.2 Å². The molecule has 3 rings (SSSR count). The lowest BCUT2D eigenvalue weighted by Crippen LogP contribution is -2.28. The van der Waals surface area contributed by atoms with E-state index < -0.39 is 0 Å². The van der Waals surface area contributed by atoms with Crippen LogP contribution in [0.1, 0.15) is 17.5 Å². The van der Waals surface area contributed by atoms with E-state index in [4.69, 9.17) is 0 Å². The van der Waals surface area contributed by atoms with Gasteiger partial charge in [-0.1, -0.05) is 72.8 Å². The Bertz CT molecular complexity index is 671. The predicted molar refractivity (Wildman–Crippen MR) is 85.2 cm³/mol. The van der Waals surface area contributed by atoms with Gasteiger partial charge in [0.05, 0.1) is 12.2 Å². The first-order valence-electron chi connectivity index (χ1n) is 7.11. The molecule has 0 spiro atoms. The Balaban J connectivity index is 1.96. The maximum atomic E-state index is 12.4. The summed E-state index contributed by atoms with van der Waals surface area (Å²) < 4.78 is 0. The molecule has 0 unspecified atom stereocenters. The molecule has 0 aromatic heterocycles. The zero-order valence-electron chi connectivity index (χ0n) is 11.8. The van der Waals surface area contributed by atoms with Crippen LogP contribution in [0.3, 0.4) is 0 Å². The van der Waals surface area contributed by atoms with Crippen molar-refractivity contribution in [2.24, 2.45) is 0 Å². The fourth-order valence-electron chi connectivity index (χ4n) is 2.46. The number of benzene rings is 2. The molecule has 1 aliphatic heterocycles. The number of nitrogens with zero attached hydrogens (tertiary/aromatic N) is 1. The first-order chi connectivity index (χ1) is 10.3. The van der Waals surface area contributed by atoms with E-state index in [-0.39, 0.29) is 5.91 Å². The Labute approximate surface area is 125 Å². The average molecular weight is 275 g/mol. The molecule has 1 aliphatic rings. The summed E-state index contributed by atoms with van der Waals surface area (Å²) >= 11 is 0. The first-order valence-corrected chi connectivity index (χ1v) is 7.11. The summed E-state index contributed by atoms with van der Waals surface area (Å²) in [4.78, 5) is 14.3. The van der Waals surface area contributed by atoms with Crippen LogP contribution >= 0.6 is 0 Å². The first kappa shape index (κ1) is 13.4. The lowest BCUT2D eigenvalue weighted by molar-refractivity contribution is -0.127.